The zero-order valence-corrected chi connectivity index (χ0v) is 11.4. The lowest BCUT2D eigenvalue weighted by molar-refractivity contribution is 0.123. The van der Waals surface area contributed by atoms with Gasteiger partial charge in [-0.3, -0.25) is 4.90 Å². The average molecular weight is 293 g/mol. The second-order valence-corrected chi connectivity index (χ2v) is 5.96. The SMILES string of the molecule is CNCC(O)CN(C)Cc1csc(Br)c1. The van der Waals surface area contributed by atoms with Crippen LogP contribution in [0.5, 0.6) is 0 Å². The highest BCUT2D eigenvalue weighted by atomic mass is 79.9. The second-order valence-electron chi connectivity index (χ2n) is 3.67. The van der Waals surface area contributed by atoms with Crippen LogP contribution >= 0.6 is 27.3 Å². The van der Waals surface area contributed by atoms with E-state index in [2.05, 4.69) is 37.6 Å². The number of thiophene rings is 1. The molecule has 0 aromatic carbocycles. The van der Waals surface area contributed by atoms with Crippen LogP contribution in [-0.4, -0.2) is 43.3 Å². The molecule has 0 aliphatic rings. The minimum Gasteiger partial charge on any atom is -0.390 e. The van der Waals surface area contributed by atoms with Crippen molar-refractivity contribution < 1.29 is 5.11 Å². The number of nitrogens with one attached hydrogen (secondary N) is 1. The molecule has 3 nitrogen and oxygen atoms in total. The third-order valence-electron chi connectivity index (χ3n) is 2.04. The van der Waals surface area contributed by atoms with E-state index in [1.165, 1.54) is 5.56 Å². The van der Waals surface area contributed by atoms with Crippen LogP contribution in [0.1, 0.15) is 5.56 Å². The zero-order valence-electron chi connectivity index (χ0n) is 9.03. The van der Waals surface area contributed by atoms with Crippen LogP contribution in [0.4, 0.5) is 0 Å². The number of aliphatic hydroxyl groups excluding tert-OH is 1. The summed E-state index contributed by atoms with van der Waals surface area (Å²) < 4.78 is 1.15. The third kappa shape index (κ3) is 5.08. The van der Waals surface area contributed by atoms with Gasteiger partial charge in [0.25, 0.3) is 0 Å². The Morgan fingerprint density at radius 3 is 2.93 bits per heavy atom. The molecule has 0 saturated heterocycles. The quantitative estimate of drug-likeness (QED) is 0.835. The molecule has 5 heteroatoms. The molecule has 86 valence electrons. The van der Waals surface area contributed by atoms with Gasteiger partial charge in [0.2, 0.25) is 0 Å². The summed E-state index contributed by atoms with van der Waals surface area (Å²) in [6.07, 6.45) is -0.304. The van der Waals surface area contributed by atoms with Gasteiger partial charge < -0.3 is 10.4 Å². The Labute approximate surface area is 103 Å². The fourth-order valence-corrected chi connectivity index (χ4v) is 2.67. The van der Waals surface area contributed by atoms with Crippen LogP contribution in [-0.2, 0) is 6.54 Å². The molecule has 0 spiro atoms. The molecule has 0 aliphatic carbocycles. The minimum atomic E-state index is -0.304. The molecule has 1 rings (SSSR count). The van der Waals surface area contributed by atoms with Crippen molar-refractivity contribution in [3.8, 4) is 0 Å². The first kappa shape index (κ1) is 13.1. The number of likely N-dealkylation sites (N-methyl/N-ethyl adjacent to an activating group) is 2. The van der Waals surface area contributed by atoms with Crippen molar-refractivity contribution in [1.82, 2.24) is 10.2 Å². The van der Waals surface area contributed by atoms with Crippen molar-refractivity contribution in [1.29, 1.82) is 0 Å². The molecule has 1 unspecified atom stereocenters. The highest BCUT2D eigenvalue weighted by Gasteiger charge is 2.08. The van der Waals surface area contributed by atoms with Crippen molar-refractivity contribution in [2.24, 2.45) is 0 Å². The number of halogens is 1. The Morgan fingerprint density at radius 1 is 1.67 bits per heavy atom. The molecule has 15 heavy (non-hydrogen) atoms. The lowest BCUT2D eigenvalue weighted by Gasteiger charge is -2.19. The molecule has 1 atom stereocenters. The first-order valence-corrected chi connectivity index (χ1v) is 6.53. The summed E-state index contributed by atoms with van der Waals surface area (Å²) in [7, 11) is 3.86. The summed E-state index contributed by atoms with van der Waals surface area (Å²) in [5.41, 5.74) is 1.28. The van der Waals surface area contributed by atoms with E-state index in [9.17, 15) is 5.11 Å². The van der Waals surface area contributed by atoms with E-state index < -0.39 is 0 Å². The number of hydrogen-bond acceptors (Lipinski definition) is 4. The van der Waals surface area contributed by atoms with Gasteiger partial charge in [0.1, 0.15) is 0 Å². The van der Waals surface area contributed by atoms with Gasteiger partial charge in [0.15, 0.2) is 0 Å². The lowest BCUT2D eigenvalue weighted by Crippen LogP contribution is -2.35. The van der Waals surface area contributed by atoms with E-state index in [1.54, 1.807) is 11.3 Å². The van der Waals surface area contributed by atoms with Crippen molar-refractivity contribution >= 4 is 27.3 Å². The van der Waals surface area contributed by atoms with Gasteiger partial charge >= 0.3 is 0 Å². The fraction of sp³-hybridized carbons (Fsp3) is 0.600. The molecule has 2 N–H and O–H groups in total. The average Bonchev–Trinajstić information content (AvgIpc) is 2.51. The highest BCUT2D eigenvalue weighted by molar-refractivity contribution is 9.11. The van der Waals surface area contributed by atoms with Crippen LogP contribution < -0.4 is 5.32 Å². The summed E-state index contributed by atoms with van der Waals surface area (Å²) in [6, 6.07) is 2.12. The Hall–Kier alpha value is 0.0600. The predicted octanol–water partition coefficient (Wildman–Crippen LogP) is 1.52. The van der Waals surface area contributed by atoms with E-state index in [-0.39, 0.29) is 6.10 Å². The maximum atomic E-state index is 9.59. The molecule has 1 heterocycles. The van der Waals surface area contributed by atoms with Gasteiger partial charge in [-0.15, -0.1) is 11.3 Å². The van der Waals surface area contributed by atoms with E-state index >= 15 is 0 Å². The van der Waals surface area contributed by atoms with Gasteiger partial charge in [-0.25, -0.2) is 0 Å². The standard InChI is InChI=1S/C10H17BrN2OS/c1-12-4-9(14)6-13(2)5-8-3-10(11)15-7-8/h3,7,9,12,14H,4-6H2,1-2H3. The van der Waals surface area contributed by atoms with Crippen LogP contribution in [0.2, 0.25) is 0 Å². The van der Waals surface area contributed by atoms with E-state index in [0.717, 1.165) is 10.3 Å². The van der Waals surface area contributed by atoms with Crippen LogP contribution in [0.3, 0.4) is 0 Å². The Bertz CT molecular complexity index is 293. The van der Waals surface area contributed by atoms with Gasteiger partial charge in [0.05, 0.1) is 9.89 Å². The molecule has 0 amide bonds. The maximum absolute atomic E-state index is 9.59. The van der Waals surface area contributed by atoms with Gasteiger partial charge in [-0.2, -0.15) is 0 Å². The van der Waals surface area contributed by atoms with Crippen molar-refractivity contribution in [2.45, 2.75) is 12.6 Å². The number of nitrogens with zero attached hydrogens (tertiary/aromatic N) is 1. The highest BCUT2D eigenvalue weighted by Crippen LogP contribution is 2.21. The van der Waals surface area contributed by atoms with Crippen molar-refractivity contribution in [2.75, 3.05) is 27.2 Å². The number of aliphatic hydroxyl groups is 1. The topological polar surface area (TPSA) is 35.5 Å². The van der Waals surface area contributed by atoms with Crippen LogP contribution in [0, 0.1) is 0 Å². The molecular formula is C10H17BrN2OS. The normalized spacial score (nSPS) is 13.4. The number of rotatable bonds is 6. The predicted molar refractivity (Wildman–Crippen MR) is 68.3 cm³/mol. The zero-order chi connectivity index (χ0) is 11.3. The molecule has 0 saturated carbocycles. The Kier molecular flexibility index (Phi) is 5.78. The Balaban J connectivity index is 2.32. The maximum Gasteiger partial charge on any atom is 0.0791 e. The summed E-state index contributed by atoms with van der Waals surface area (Å²) in [4.78, 5) is 2.12. The first-order valence-electron chi connectivity index (χ1n) is 4.86. The largest absolute Gasteiger partial charge is 0.390 e. The summed E-state index contributed by atoms with van der Waals surface area (Å²) in [6.45, 7) is 2.20. The molecule has 0 aliphatic heterocycles. The number of hydrogen-bond donors (Lipinski definition) is 2. The van der Waals surface area contributed by atoms with Crippen molar-refractivity contribution in [3.63, 3.8) is 0 Å². The molecule has 1 aromatic rings. The van der Waals surface area contributed by atoms with Crippen LogP contribution in [0.15, 0.2) is 15.2 Å². The fourth-order valence-electron chi connectivity index (χ4n) is 1.46. The molecule has 0 radical (unpaired) electrons. The van der Waals surface area contributed by atoms with Gasteiger partial charge in [0, 0.05) is 19.6 Å². The lowest BCUT2D eigenvalue weighted by atomic mass is 10.3. The molecule has 0 bridgehead atoms. The monoisotopic (exact) mass is 292 g/mol. The van der Waals surface area contributed by atoms with Crippen molar-refractivity contribution in [3.05, 3.63) is 20.8 Å². The van der Waals surface area contributed by atoms with E-state index in [0.29, 0.717) is 13.1 Å². The smallest absolute Gasteiger partial charge is 0.0791 e. The summed E-state index contributed by atoms with van der Waals surface area (Å²) in [5, 5.41) is 14.7. The molecule has 0 fully saturated rings. The third-order valence-corrected chi connectivity index (χ3v) is 3.59. The summed E-state index contributed by atoms with van der Waals surface area (Å²) in [5.74, 6) is 0. The van der Waals surface area contributed by atoms with Gasteiger partial charge in [-0.1, -0.05) is 0 Å². The van der Waals surface area contributed by atoms with Crippen LogP contribution in [0.25, 0.3) is 0 Å². The first-order chi connectivity index (χ1) is 7.11. The second kappa shape index (κ2) is 6.60. The molecular weight excluding hydrogens is 276 g/mol. The summed E-state index contributed by atoms with van der Waals surface area (Å²) >= 11 is 5.13. The minimum absolute atomic E-state index is 0.304. The Morgan fingerprint density at radius 2 is 2.40 bits per heavy atom. The van der Waals surface area contributed by atoms with E-state index in [1.807, 2.05) is 14.1 Å². The van der Waals surface area contributed by atoms with Gasteiger partial charge in [-0.05, 0) is 47.0 Å². The molecule has 1 aromatic heterocycles. The van der Waals surface area contributed by atoms with E-state index in [4.69, 9.17) is 0 Å².